The molecule has 1 aliphatic rings. The van der Waals surface area contributed by atoms with E-state index in [0.717, 1.165) is 29.7 Å². The molecule has 0 bridgehead atoms. The van der Waals surface area contributed by atoms with Crippen molar-refractivity contribution in [2.24, 2.45) is 0 Å². The SMILES string of the molecule is Cc1cccc(NC(=O)CNC(=O)c2ccc3c(c2)CCCC3)c1C. The molecular weight excluding hydrogens is 312 g/mol. The van der Waals surface area contributed by atoms with Crippen LogP contribution < -0.4 is 10.6 Å². The second-order valence-electron chi connectivity index (χ2n) is 6.67. The molecule has 0 aliphatic heterocycles. The fourth-order valence-corrected chi connectivity index (χ4v) is 3.22. The number of hydrogen-bond acceptors (Lipinski definition) is 2. The number of aryl methyl sites for hydroxylation is 3. The van der Waals surface area contributed by atoms with Gasteiger partial charge in [0.15, 0.2) is 0 Å². The number of benzene rings is 2. The number of anilines is 1. The highest BCUT2D eigenvalue weighted by atomic mass is 16.2. The van der Waals surface area contributed by atoms with Crippen LogP contribution in [0.2, 0.25) is 0 Å². The number of rotatable bonds is 4. The van der Waals surface area contributed by atoms with E-state index in [9.17, 15) is 9.59 Å². The third kappa shape index (κ3) is 4.08. The monoisotopic (exact) mass is 336 g/mol. The Morgan fingerprint density at radius 3 is 2.56 bits per heavy atom. The van der Waals surface area contributed by atoms with Crippen molar-refractivity contribution in [1.29, 1.82) is 0 Å². The number of nitrogens with one attached hydrogen (secondary N) is 2. The van der Waals surface area contributed by atoms with E-state index in [1.54, 1.807) is 0 Å². The number of fused-ring (bicyclic) bond motifs is 1. The summed E-state index contributed by atoms with van der Waals surface area (Å²) in [5.74, 6) is -0.426. The van der Waals surface area contributed by atoms with Gasteiger partial charge in [-0.1, -0.05) is 18.2 Å². The zero-order valence-corrected chi connectivity index (χ0v) is 14.8. The summed E-state index contributed by atoms with van der Waals surface area (Å²) in [5, 5.41) is 5.56. The predicted molar refractivity (Wildman–Crippen MR) is 100.0 cm³/mol. The van der Waals surface area contributed by atoms with Crippen LogP contribution in [0.15, 0.2) is 36.4 Å². The molecule has 0 unspecified atom stereocenters. The van der Waals surface area contributed by atoms with Gasteiger partial charge in [0.1, 0.15) is 0 Å². The van der Waals surface area contributed by atoms with Gasteiger partial charge in [-0.25, -0.2) is 0 Å². The molecular formula is C21H24N2O2. The molecule has 1 aliphatic carbocycles. The second-order valence-corrected chi connectivity index (χ2v) is 6.67. The fraction of sp³-hybridized carbons (Fsp3) is 0.333. The number of carbonyl (C=O) groups is 2. The summed E-state index contributed by atoms with van der Waals surface area (Å²) in [6.45, 7) is 3.93. The zero-order chi connectivity index (χ0) is 17.8. The standard InChI is InChI=1S/C21H24N2O2/c1-14-6-5-9-19(15(14)2)23-20(24)13-22-21(25)18-11-10-16-7-3-4-8-17(16)12-18/h5-6,9-12H,3-4,7-8,13H2,1-2H3,(H,22,25)(H,23,24). The average Bonchev–Trinajstić information content (AvgIpc) is 2.63. The lowest BCUT2D eigenvalue weighted by Gasteiger charge is -2.16. The van der Waals surface area contributed by atoms with Crippen LogP contribution in [0.1, 0.15) is 45.5 Å². The normalized spacial score (nSPS) is 13.0. The van der Waals surface area contributed by atoms with Crippen molar-refractivity contribution in [2.75, 3.05) is 11.9 Å². The molecule has 0 radical (unpaired) electrons. The Hall–Kier alpha value is -2.62. The van der Waals surface area contributed by atoms with E-state index in [-0.39, 0.29) is 18.4 Å². The van der Waals surface area contributed by atoms with Gasteiger partial charge >= 0.3 is 0 Å². The third-order valence-corrected chi connectivity index (χ3v) is 4.90. The molecule has 0 aromatic heterocycles. The minimum absolute atomic E-state index is 0.0384. The molecule has 0 fully saturated rings. The zero-order valence-electron chi connectivity index (χ0n) is 14.8. The van der Waals surface area contributed by atoms with E-state index < -0.39 is 0 Å². The Morgan fingerprint density at radius 1 is 1.00 bits per heavy atom. The molecule has 0 atom stereocenters. The Morgan fingerprint density at radius 2 is 1.76 bits per heavy atom. The van der Waals surface area contributed by atoms with Crippen molar-refractivity contribution in [3.05, 3.63) is 64.2 Å². The molecule has 0 saturated carbocycles. The van der Waals surface area contributed by atoms with E-state index in [1.165, 1.54) is 24.0 Å². The van der Waals surface area contributed by atoms with Gasteiger partial charge in [0.2, 0.25) is 5.91 Å². The minimum atomic E-state index is -0.222. The van der Waals surface area contributed by atoms with E-state index in [4.69, 9.17) is 0 Å². The highest BCUT2D eigenvalue weighted by Gasteiger charge is 2.14. The summed E-state index contributed by atoms with van der Waals surface area (Å²) in [6.07, 6.45) is 4.52. The van der Waals surface area contributed by atoms with Gasteiger partial charge in [-0.15, -0.1) is 0 Å². The van der Waals surface area contributed by atoms with E-state index in [2.05, 4.69) is 10.6 Å². The first kappa shape index (κ1) is 17.2. The Balaban J connectivity index is 1.58. The number of carbonyl (C=O) groups excluding carboxylic acids is 2. The summed E-state index contributed by atoms with van der Waals surface area (Å²) in [4.78, 5) is 24.4. The van der Waals surface area contributed by atoms with Crippen LogP contribution in [0.5, 0.6) is 0 Å². The van der Waals surface area contributed by atoms with Crippen LogP contribution >= 0.6 is 0 Å². The van der Waals surface area contributed by atoms with Crippen LogP contribution in [0.3, 0.4) is 0 Å². The van der Waals surface area contributed by atoms with Gasteiger partial charge in [-0.05, 0) is 80.0 Å². The van der Waals surface area contributed by atoms with Crippen molar-refractivity contribution in [2.45, 2.75) is 39.5 Å². The Bertz CT molecular complexity index is 812. The van der Waals surface area contributed by atoms with Crippen molar-refractivity contribution in [3.63, 3.8) is 0 Å². The van der Waals surface area contributed by atoms with Gasteiger partial charge in [0.25, 0.3) is 5.91 Å². The maximum atomic E-state index is 12.3. The van der Waals surface area contributed by atoms with Crippen molar-refractivity contribution in [1.82, 2.24) is 5.32 Å². The minimum Gasteiger partial charge on any atom is -0.343 e. The Labute approximate surface area is 148 Å². The molecule has 0 spiro atoms. The van der Waals surface area contributed by atoms with E-state index in [1.807, 2.05) is 50.2 Å². The fourth-order valence-electron chi connectivity index (χ4n) is 3.22. The van der Waals surface area contributed by atoms with Crippen LogP contribution in [-0.4, -0.2) is 18.4 Å². The Kier molecular flexibility index (Phi) is 5.17. The topological polar surface area (TPSA) is 58.2 Å². The lowest BCUT2D eigenvalue weighted by molar-refractivity contribution is -0.115. The van der Waals surface area contributed by atoms with Gasteiger partial charge in [0.05, 0.1) is 6.54 Å². The van der Waals surface area contributed by atoms with Gasteiger partial charge in [-0.3, -0.25) is 9.59 Å². The highest BCUT2D eigenvalue weighted by Crippen LogP contribution is 2.22. The number of amides is 2. The molecule has 2 amide bonds. The lowest BCUT2D eigenvalue weighted by Crippen LogP contribution is -2.33. The van der Waals surface area contributed by atoms with Crippen LogP contribution in [0, 0.1) is 13.8 Å². The van der Waals surface area contributed by atoms with Gasteiger partial charge in [0, 0.05) is 11.3 Å². The highest BCUT2D eigenvalue weighted by molar-refractivity contribution is 5.99. The summed E-state index contributed by atoms with van der Waals surface area (Å²) in [7, 11) is 0. The maximum Gasteiger partial charge on any atom is 0.251 e. The van der Waals surface area contributed by atoms with E-state index >= 15 is 0 Å². The summed E-state index contributed by atoms with van der Waals surface area (Å²) in [6, 6.07) is 11.6. The summed E-state index contributed by atoms with van der Waals surface area (Å²) >= 11 is 0. The predicted octanol–water partition coefficient (Wildman–Crippen LogP) is 3.55. The molecule has 130 valence electrons. The van der Waals surface area contributed by atoms with Gasteiger partial charge < -0.3 is 10.6 Å². The maximum absolute atomic E-state index is 12.3. The largest absolute Gasteiger partial charge is 0.343 e. The molecule has 4 heteroatoms. The second kappa shape index (κ2) is 7.51. The molecule has 0 saturated heterocycles. The smallest absolute Gasteiger partial charge is 0.251 e. The average molecular weight is 336 g/mol. The van der Waals surface area contributed by atoms with Gasteiger partial charge in [-0.2, -0.15) is 0 Å². The quantitative estimate of drug-likeness (QED) is 0.897. The molecule has 3 rings (SSSR count). The van der Waals surface area contributed by atoms with Crippen LogP contribution in [0.4, 0.5) is 5.69 Å². The van der Waals surface area contributed by atoms with Crippen molar-refractivity contribution >= 4 is 17.5 Å². The first-order valence-corrected chi connectivity index (χ1v) is 8.80. The third-order valence-electron chi connectivity index (χ3n) is 4.90. The first-order valence-electron chi connectivity index (χ1n) is 8.80. The number of hydrogen-bond donors (Lipinski definition) is 2. The summed E-state index contributed by atoms with van der Waals surface area (Å²) in [5.41, 5.74) is 6.18. The van der Waals surface area contributed by atoms with Crippen molar-refractivity contribution < 1.29 is 9.59 Å². The molecule has 2 aromatic carbocycles. The van der Waals surface area contributed by atoms with Crippen molar-refractivity contribution in [3.8, 4) is 0 Å². The first-order chi connectivity index (χ1) is 12.0. The molecule has 2 aromatic rings. The molecule has 25 heavy (non-hydrogen) atoms. The van der Waals surface area contributed by atoms with E-state index in [0.29, 0.717) is 5.56 Å². The molecule has 4 nitrogen and oxygen atoms in total. The lowest BCUT2D eigenvalue weighted by atomic mass is 9.90. The van der Waals surface area contributed by atoms with Crippen LogP contribution in [-0.2, 0) is 17.6 Å². The summed E-state index contributed by atoms with van der Waals surface area (Å²) < 4.78 is 0. The molecule has 2 N–H and O–H groups in total. The molecule has 0 heterocycles. The van der Waals surface area contributed by atoms with Crippen LogP contribution in [0.25, 0.3) is 0 Å².